The summed E-state index contributed by atoms with van der Waals surface area (Å²) in [6, 6.07) is 25.9. The van der Waals surface area contributed by atoms with Crippen LogP contribution in [0.2, 0.25) is 0 Å². The highest BCUT2D eigenvalue weighted by Gasteiger charge is 2.22. The first-order chi connectivity index (χ1) is 19.9. The number of aliphatic carboxylic acids is 1. The van der Waals surface area contributed by atoms with Crippen molar-refractivity contribution in [3.05, 3.63) is 113 Å². The second-order valence-electron chi connectivity index (χ2n) is 9.89. The largest absolute Gasteiger partial charge is 0.481 e. The molecule has 3 heterocycles. The van der Waals surface area contributed by atoms with E-state index in [9.17, 15) is 14.7 Å². The number of carboxylic acid groups (broad SMARTS) is 1. The fourth-order valence-corrected chi connectivity index (χ4v) is 4.85. The number of rotatable bonds is 9. The minimum absolute atomic E-state index is 0.174. The molecule has 6 rings (SSSR count). The Balaban J connectivity index is 1.34. The predicted molar refractivity (Wildman–Crippen MR) is 154 cm³/mol. The molecule has 41 heavy (non-hydrogen) atoms. The number of aromatic nitrogens is 2. The van der Waals surface area contributed by atoms with Gasteiger partial charge in [-0.2, -0.15) is 0 Å². The van der Waals surface area contributed by atoms with Crippen LogP contribution in [0.5, 0.6) is 11.5 Å². The molecule has 1 amide bonds. The van der Waals surface area contributed by atoms with E-state index >= 15 is 0 Å². The van der Waals surface area contributed by atoms with E-state index in [-0.39, 0.29) is 19.1 Å². The van der Waals surface area contributed by atoms with Gasteiger partial charge in [0.15, 0.2) is 11.5 Å². The molecule has 9 heteroatoms. The van der Waals surface area contributed by atoms with E-state index in [1.54, 1.807) is 18.3 Å². The predicted octanol–water partition coefficient (Wildman–Crippen LogP) is 5.60. The lowest BCUT2D eigenvalue weighted by molar-refractivity contribution is -0.137. The maximum absolute atomic E-state index is 13.3. The number of fused-ring (bicyclic) bond motifs is 2. The summed E-state index contributed by atoms with van der Waals surface area (Å²) in [5.74, 6) is 0.708. The summed E-state index contributed by atoms with van der Waals surface area (Å²) >= 11 is 0. The van der Waals surface area contributed by atoms with Crippen LogP contribution in [0.1, 0.15) is 39.5 Å². The summed E-state index contributed by atoms with van der Waals surface area (Å²) in [6.45, 7) is 2.70. The molecule has 1 atom stereocenters. The van der Waals surface area contributed by atoms with Gasteiger partial charge in [0.05, 0.1) is 12.5 Å². The molecular weight excluding hydrogens is 520 g/mol. The zero-order valence-electron chi connectivity index (χ0n) is 22.3. The number of aryl methyl sites for hydroxylation is 1. The van der Waals surface area contributed by atoms with Crippen molar-refractivity contribution in [1.82, 2.24) is 14.7 Å². The van der Waals surface area contributed by atoms with Crippen LogP contribution in [0.4, 0.5) is 5.82 Å². The van der Waals surface area contributed by atoms with Crippen molar-refractivity contribution in [2.24, 2.45) is 0 Å². The average Bonchev–Trinajstić information content (AvgIpc) is 3.60. The van der Waals surface area contributed by atoms with Crippen LogP contribution in [-0.4, -0.2) is 33.2 Å². The van der Waals surface area contributed by atoms with Crippen LogP contribution < -0.4 is 20.1 Å². The number of amides is 1. The lowest BCUT2D eigenvalue weighted by atomic mass is 10.0. The Morgan fingerprint density at radius 3 is 2.54 bits per heavy atom. The zero-order valence-corrected chi connectivity index (χ0v) is 22.3. The van der Waals surface area contributed by atoms with Crippen molar-refractivity contribution in [3.8, 4) is 22.8 Å². The van der Waals surface area contributed by atoms with Gasteiger partial charge in [-0.25, -0.2) is 4.98 Å². The van der Waals surface area contributed by atoms with Gasteiger partial charge in [0.25, 0.3) is 5.91 Å². The van der Waals surface area contributed by atoms with E-state index in [1.807, 2.05) is 84.1 Å². The number of imidazole rings is 1. The Hall–Kier alpha value is -5.31. The fourth-order valence-electron chi connectivity index (χ4n) is 4.85. The van der Waals surface area contributed by atoms with Crippen LogP contribution in [0.3, 0.4) is 0 Å². The van der Waals surface area contributed by atoms with Crippen molar-refractivity contribution < 1.29 is 24.2 Å². The van der Waals surface area contributed by atoms with Crippen molar-refractivity contribution in [1.29, 1.82) is 0 Å². The fraction of sp³-hybridized carbons (Fsp3) is 0.156. The number of anilines is 1. The molecule has 1 aliphatic heterocycles. The molecule has 0 aliphatic carbocycles. The first-order valence-electron chi connectivity index (χ1n) is 13.2. The molecule has 2 aromatic heterocycles. The molecular formula is C32H28N4O5. The van der Waals surface area contributed by atoms with E-state index in [0.717, 1.165) is 28.1 Å². The van der Waals surface area contributed by atoms with Gasteiger partial charge in [0, 0.05) is 23.9 Å². The molecule has 1 aliphatic rings. The number of hydrogen-bond acceptors (Lipinski definition) is 6. The summed E-state index contributed by atoms with van der Waals surface area (Å²) < 4.78 is 13.0. The number of pyridine rings is 1. The summed E-state index contributed by atoms with van der Waals surface area (Å²) in [5.41, 5.74) is 5.35. The van der Waals surface area contributed by atoms with Gasteiger partial charge >= 0.3 is 5.97 Å². The molecule has 0 spiro atoms. The standard InChI is InChI=1S/C32H28N4O5/c1-20-7-9-22(10-8-20)25(17-29(37)38)34-32(39)24-13-14-36-28(16-24)35-30(23-11-12-26-27(15-23)41-19-40-26)31(36)33-18-21-5-3-2-4-6-21/h2-16,25,33H,17-19H2,1H3,(H,34,39)(H,37,38). The van der Waals surface area contributed by atoms with Crippen LogP contribution in [0.15, 0.2) is 91.1 Å². The Bertz CT molecular complexity index is 1730. The van der Waals surface area contributed by atoms with Crippen LogP contribution in [0, 0.1) is 6.92 Å². The molecule has 0 saturated carbocycles. The third-order valence-corrected chi connectivity index (χ3v) is 7.00. The van der Waals surface area contributed by atoms with E-state index in [0.29, 0.717) is 34.9 Å². The number of benzene rings is 3. The van der Waals surface area contributed by atoms with E-state index in [2.05, 4.69) is 10.6 Å². The monoisotopic (exact) mass is 548 g/mol. The summed E-state index contributed by atoms with van der Waals surface area (Å²) in [7, 11) is 0. The Morgan fingerprint density at radius 1 is 0.976 bits per heavy atom. The molecule has 5 aromatic rings. The summed E-state index contributed by atoms with van der Waals surface area (Å²) in [6.07, 6.45) is 1.56. The van der Waals surface area contributed by atoms with Crippen LogP contribution in [0.25, 0.3) is 16.9 Å². The second kappa shape index (κ2) is 11.1. The third kappa shape index (κ3) is 5.56. The molecule has 206 valence electrons. The van der Waals surface area contributed by atoms with Gasteiger partial charge in [-0.15, -0.1) is 0 Å². The van der Waals surface area contributed by atoms with E-state index in [1.165, 1.54) is 0 Å². The highest BCUT2D eigenvalue weighted by Crippen LogP contribution is 2.38. The van der Waals surface area contributed by atoms with E-state index in [4.69, 9.17) is 14.5 Å². The first kappa shape index (κ1) is 25.9. The first-order valence-corrected chi connectivity index (χ1v) is 13.2. The smallest absolute Gasteiger partial charge is 0.305 e. The van der Waals surface area contributed by atoms with Crippen LogP contribution >= 0.6 is 0 Å². The quantitative estimate of drug-likeness (QED) is 0.220. The normalized spacial score (nSPS) is 12.7. The zero-order chi connectivity index (χ0) is 28.3. The number of carbonyl (C=O) groups excluding carboxylic acids is 1. The van der Waals surface area contributed by atoms with Crippen molar-refractivity contribution in [3.63, 3.8) is 0 Å². The van der Waals surface area contributed by atoms with Crippen molar-refractivity contribution >= 4 is 23.3 Å². The topological polar surface area (TPSA) is 114 Å². The number of hydrogen-bond donors (Lipinski definition) is 3. The number of carbonyl (C=O) groups is 2. The molecule has 3 aromatic carbocycles. The van der Waals surface area contributed by atoms with Gasteiger partial charge < -0.3 is 25.2 Å². The van der Waals surface area contributed by atoms with Crippen molar-refractivity contribution in [2.45, 2.75) is 25.9 Å². The summed E-state index contributed by atoms with van der Waals surface area (Å²) in [4.78, 5) is 29.8. The Morgan fingerprint density at radius 2 is 1.76 bits per heavy atom. The van der Waals surface area contributed by atoms with Crippen LogP contribution in [-0.2, 0) is 11.3 Å². The molecule has 3 N–H and O–H groups in total. The molecule has 0 radical (unpaired) electrons. The maximum atomic E-state index is 13.3. The van der Waals surface area contributed by atoms with Gasteiger partial charge in [0.2, 0.25) is 6.79 Å². The Kier molecular flexibility index (Phi) is 6.99. The summed E-state index contributed by atoms with van der Waals surface area (Å²) in [5, 5.41) is 15.9. The lowest BCUT2D eigenvalue weighted by Gasteiger charge is -2.18. The SMILES string of the molecule is Cc1ccc(C(CC(=O)O)NC(=O)c2ccn3c(NCc4ccccc4)c(-c4ccc5c(c4)OCO5)nc3c2)cc1. The number of carboxylic acids is 1. The van der Waals surface area contributed by atoms with Gasteiger partial charge in [-0.1, -0.05) is 60.2 Å². The highest BCUT2D eigenvalue weighted by atomic mass is 16.7. The maximum Gasteiger partial charge on any atom is 0.305 e. The molecule has 0 bridgehead atoms. The highest BCUT2D eigenvalue weighted by molar-refractivity contribution is 5.96. The lowest BCUT2D eigenvalue weighted by Crippen LogP contribution is -2.30. The molecule has 0 saturated heterocycles. The van der Waals surface area contributed by atoms with Gasteiger partial charge in [-0.3, -0.25) is 14.0 Å². The number of ether oxygens (including phenoxy) is 2. The van der Waals surface area contributed by atoms with Gasteiger partial charge in [-0.05, 0) is 48.4 Å². The van der Waals surface area contributed by atoms with Crippen molar-refractivity contribution in [2.75, 3.05) is 12.1 Å². The molecule has 9 nitrogen and oxygen atoms in total. The van der Waals surface area contributed by atoms with Gasteiger partial charge in [0.1, 0.15) is 17.2 Å². The number of nitrogens with one attached hydrogen (secondary N) is 2. The molecule has 1 unspecified atom stereocenters. The molecule has 0 fully saturated rings. The number of nitrogens with zero attached hydrogens (tertiary/aromatic N) is 2. The van der Waals surface area contributed by atoms with E-state index < -0.39 is 12.0 Å². The minimum atomic E-state index is -0.998. The second-order valence-corrected chi connectivity index (χ2v) is 9.89. The Labute approximate surface area is 236 Å². The average molecular weight is 549 g/mol. The minimum Gasteiger partial charge on any atom is -0.481 e. The third-order valence-electron chi connectivity index (χ3n) is 7.00.